The van der Waals surface area contributed by atoms with Crippen LogP contribution in [0.4, 0.5) is 0 Å². The van der Waals surface area contributed by atoms with Crippen molar-refractivity contribution < 1.29 is 0 Å². The molecule has 1 aromatic carbocycles. The molecule has 19 heavy (non-hydrogen) atoms. The fourth-order valence-electron chi connectivity index (χ4n) is 2.33. The summed E-state index contributed by atoms with van der Waals surface area (Å²) in [6, 6.07) is 8.88. The highest BCUT2D eigenvalue weighted by Gasteiger charge is 2.12. The van der Waals surface area contributed by atoms with Crippen LogP contribution in [-0.4, -0.2) is 55.3 Å². The van der Waals surface area contributed by atoms with Crippen molar-refractivity contribution in [1.82, 2.24) is 9.80 Å². The number of aryl methyl sites for hydroxylation is 1. The molecule has 0 radical (unpaired) electrons. The molecule has 0 saturated carbocycles. The van der Waals surface area contributed by atoms with Gasteiger partial charge < -0.3 is 9.80 Å². The smallest absolute Gasteiger partial charge is 0.0110 e. The van der Waals surface area contributed by atoms with Crippen molar-refractivity contribution in [1.29, 1.82) is 0 Å². The van der Waals surface area contributed by atoms with E-state index in [9.17, 15) is 0 Å². The molecule has 0 unspecified atom stereocenters. The molecule has 0 bridgehead atoms. The van der Waals surface area contributed by atoms with E-state index >= 15 is 0 Å². The highest BCUT2D eigenvalue weighted by atomic mass is 32.2. The molecule has 0 aromatic heterocycles. The molecule has 0 N–H and O–H groups in total. The summed E-state index contributed by atoms with van der Waals surface area (Å²) in [4.78, 5) is 6.44. The second kappa shape index (κ2) is 7.93. The first-order chi connectivity index (χ1) is 9.24. The van der Waals surface area contributed by atoms with Crippen molar-refractivity contribution in [2.45, 2.75) is 24.7 Å². The van der Waals surface area contributed by atoms with Crippen LogP contribution in [0.3, 0.4) is 0 Å². The van der Waals surface area contributed by atoms with Gasteiger partial charge in [-0.2, -0.15) is 0 Å². The Morgan fingerprint density at radius 1 is 1.00 bits per heavy atom. The normalized spacial score (nSPS) is 17.8. The average molecular weight is 278 g/mol. The molecule has 2 nitrogen and oxygen atoms in total. The van der Waals surface area contributed by atoms with Crippen molar-refractivity contribution >= 4 is 11.8 Å². The standard InChI is InChI=1S/C16H26N2S/c1-15-5-7-16(8-6-15)19-14-4-3-9-18-12-10-17(2)11-13-18/h5-8H,3-4,9-14H2,1-2H3. The van der Waals surface area contributed by atoms with Gasteiger partial charge in [0.05, 0.1) is 0 Å². The van der Waals surface area contributed by atoms with E-state index < -0.39 is 0 Å². The lowest BCUT2D eigenvalue weighted by Gasteiger charge is -2.32. The number of benzene rings is 1. The van der Waals surface area contributed by atoms with Gasteiger partial charge in [0.2, 0.25) is 0 Å². The summed E-state index contributed by atoms with van der Waals surface area (Å²) < 4.78 is 0. The zero-order valence-corrected chi connectivity index (χ0v) is 13.1. The van der Waals surface area contributed by atoms with Gasteiger partial charge in [-0.1, -0.05) is 17.7 Å². The molecule has 1 aromatic rings. The number of likely N-dealkylation sites (N-methyl/N-ethyl adjacent to an activating group) is 1. The molecule has 3 heteroatoms. The monoisotopic (exact) mass is 278 g/mol. The Morgan fingerprint density at radius 3 is 2.37 bits per heavy atom. The van der Waals surface area contributed by atoms with Crippen LogP contribution in [0.5, 0.6) is 0 Å². The molecular weight excluding hydrogens is 252 g/mol. The Kier molecular flexibility index (Phi) is 6.21. The summed E-state index contributed by atoms with van der Waals surface area (Å²) in [7, 11) is 2.22. The van der Waals surface area contributed by atoms with Crippen LogP contribution in [0.2, 0.25) is 0 Å². The van der Waals surface area contributed by atoms with Crippen LogP contribution in [0.15, 0.2) is 29.2 Å². The first-order valence-electron chi connectivity index (χ1n) is 7.34. The zero-order valence-electron chi connectivity index (χ0n) is 12.3. The van der Waals surface area contributed by atoms with Gasteiger partial charge in [0.15, 0.2) is 0 Å². The number of nitrogens with zero attached hydrogens (tertiary/aromatic N) is 2. The maximum absolute atomic E-state index is 2.61. The Hall–Kier alpha value is -0.510. The second-order valence-electron chi connectivity index (χ2n) is 5.51. The van der Waals surface area contributed by atoms with Gasteiger partial charge in [-0.3, -0.25) is 0 Å². The van der Waals surface area contributed by atoms with Crippen LogP contribution in [0.25, 0.3) is 0 Å². The Balaban J connectivity index is 1.53. The van der Waals surface area contributed by atoms with Gasteiger partial charge >= 0.3 is 0 Å². The first-order valence-corrected chi connectivity index (χ1v) is 8.33. The predicted molar refractivity (Wildman–Crippen MR) is 85.1 cm³/mol. The van der Waals surface area contributed by atoms with Gasteiger partial charge in [0.1, 0.15) is 0 Å². The Bertz CT molecular complexity index is 356. The molecule has 1 heterocycles. The van der Waals surface area contributed by atoms with E-state index in [4.69, 9.17) is 0 Å². The molecule has 0 amide bonds. The fourth-order valence-corrected chi connectivity index (χ4v) is 3.25. The lowest BCUT2D eigenvalue weighted by molar-refractivity contribution is 0.153. The Labute approximate surface area is 122 Å². The van der Waals surface area contributed by atoms with E-state index in [1.54, 1.807) is 0 Å². The lowest BCUT2D eigenvalue weighted by Crippen LogP contribution is -2.44. The molecule has 0 spiro atoms. The van der Waals surface area contributed by atoms with Crippen LogP contribution < -0.4 is 0 Å². The van der Waals surface area contributed by atoms with Crippen molar-refractivity contribution in [2.75, 3.05) is 45.5 Å². The summed E-state index contributed by atoms with van der Waals surface area (Å²) >= 11 is 1.99. The van der Waals surface area contributed by atoms with Crippen molar-refractivity contribution in [3.8, 4) is 0 Å². The SMILES string of the molecule is Cc1ccc(SCCCCN2CCN(C)CC2)cc1. The minimum absolute atomic E-state index is 1.23. The molecule has 1 aliphatic heterocycles. The predicted octanol–water partition coefficient (Wildman–Crippen LogP) is 3.11. The minimum Gasteiger partial charge on any atom is -0.304 e. The van der Waals surface area contributed by atoms with Gasteiger partial charge in [-0.05, 0) is 51.2 Å². The summed E-state index contributed by atoms with van der Waals surface area (Å²) in [5, 5.41) is 0. The fraction of sp³-hybridized carbons (Fsp3) is 0.625. The number of hydrogen-bond donors (Lipinski definition) is 0. The largest absolute Gasteiger partial charge is 0.304 e. The van der Waals surface area contributed by atoms with Crippen molar-refractivity contribution in [3.05, 3.63) is 29.8 Å². The van der Waals surface area contributed by atoms with Crippen molar-refractivity contribution in [2.24, 2.45) is 0 Å². The third kappa shape index (κ3) is 5.55. The number of unbranched alkanes of at least 4 members (excludes halogenated alkanes) is 1. The number of thioether (sulfide) groups is 1. The van der Waals surface area contributed by atoms with E-state index in [0.717, 1.165) is 0 Å². The highest BCUT2D eigenvalue weighted by molar-refractivity contribution is 7.99. The minimum atomic E-state index is 1.23. The van der Waals surface area contributed by atoms with Crippen LogP contribution in [-0.2, 0) is 0 Å². The first kappa shape index (κ1) is 14.9. The molecule has 106 valence electrons. The molecule has 0 aliphatic carbocycles. The molecular formula is C16H26N2S. The van der Waals surface area contributed by atoms with Crippen LogP contribution >= 0.6 is 11.8 Å². The Morgan fingerprint density at radius 2 is 1.68 bits per heavy atom. The van der Waals surface area contributed by atoms with E-state index in [0.29, 0.717) is 0 Å². The van der Waals surface area contributed by atoms with Crippen molar-refractivity contribution in [3.63, 3.8) is 0 Å². The van der Waals surface area contributed by atoms with Crippen LogP contribution in [0.1, 0.15) is 18.4 Å². The summed E-state index contributed by atoms with van der Waals surface area (Å²) in [6.45, 7) is 8.40. The third-order valence-electron chi connectivity index (χ3n) is 3.75. The zero-order chi connectivity index (χ0) is 13.5. The summed E-state index contributed by atoms with van der Waals surface area (Å²) in [5.41, 5.74) is 1.35. The summed E-state index contributed by atoms with van der Waals surface area (Å²) in [6.07, 6.45) is 2.66. The van der Waals surface area contributed by atoms with Gasteiger partial charge in [0, 0.05) is 31.1 Å². The average Bonchev–Trinajstić information content (AvgIpc) is 2.43. The van der Waals surface area contributed by atoms with E-state index in [1.165, 1.54) is 61.8 Å². The van der Waals surface area contributed by atoms with E-state index in [-0.39, 0.29) is 0 Å². The van der Waals surface area contributed by atoms with Gasteiger partial charge in [0.25, 0.3) is 0 Å². The quantitative estimate of drug-likeness (QED) is 0.583. The molecule has 2 rings (SSSR count). The molecule has 1 aliphatic rings. The van der Waals surface area contributed by atoms with Gasteiger partial charge in [-0.25, -0.2) is 0 Å². The third-order valence-corrected chi connectivity index (χ3v) is 4.85. The lowest BCUT2D eigenvalue weighted by atomic mass is 10.2. The maximum atomic E-state index is 2.61. The molecule has 0 atom stereocenters. The highest BCUT2D eigenvalue weighted by Crippen LogP contribution is 2.19. The molecule has 1 fully saturated rings. The van der Waals surface area contributed by atoms with E-state index in [2.05, 4.69) is 48.0 Å². The van der Waals surface area contributed by atoms with E-state index in [1.807, 2.05) is 11.8 Å². The van der Waals surface area contributed by atoms with Gasteiger partial charge in [-0.15, -0.1) is 11.8 Å². The topological polar surface area (TPSA) is 6.48 Å². The number of hydrogen-bond acceptors (Lipinski definition) is 3. The van der Waals surface area contributed by atoms with Crippen LogP contribution in [0, 0.1) is 6.92 Å². The molecule has 1 saturated heterocycles. The maximum Gasteiger partial charge on any atom is 0.0110 e. The second-order valence-corrected chi connectivity index (χ2v) is 6.68. The number of rotatable bonds is 6. The number of piperazine rings is 1. The summed E-state index contributed by atoms with van der Waals surface area (Å²) in [5.74, 6) is 1.25.